The Morgan fingerprint density at radius 3 is 1.23 bits per heavy atom. The third kappa shape index (κ3) is 46.4. The van der Waals surface area contributed by atoms with Gasteiger partial charge in [-0.25, -0.2) is 4.57 Å². The number of carbonyl (C=O) groups is 2. The van der Waals surface area contributed by atoms with E-state index in [0.717, 1.165) is 44.9 Å². The third-order valence-corrected chi connectivity index (χ3v) is 12.4. The van der Waals surface area contributed by atoms with Gasteiger partial charge in [0.05, 0.1) is 19.8 Å². The van der Waals surface area contributed by atoms with Crippen LogP contribution in [0.25, 0.3) is 0 Å². The molecule has 0 aliphatic heterocycles. The number of esters is 1. The Balaban J connectivity index is 4.11. The van der Waals surface area contributed by atoms with Crippen molar-refractivity contribution in [3.8, 4) is 0 Å². The zero-order chi connectivity index (χ0) is 45.5. The van der Waals surface area contributed by atoms with E-state index in [-0.39, 0.29) is 13.0 Å². The molecular formula is C51H98NO9P. The molecule has 3 atom stereocenters. The van der Waals surface area contributed by atoms with Gasteiger partial charge in [-0.05, 0) is 64.2 Å². The van der Waals surface area contributed by atoms with E-state index in [2.05, 4.69) is 38.2 Å². The molecule has 0 saturated carbocycles. The summed E-state index contributed by atoms with van der Waals surface area (Å²) in [6.07, 6.45) is 53.8. The lowest BCUT2D eigenvalue weighted by Crippen LogP contribution is -2.34. The average Bonchev–Trinajstić information content (AvgIpc) is 3.25. The highest BCUT2D eigenvalue weighted by Gasteiger charge is 2.27. The molecule has 0 radical (unpaired) electrons. The average molecular weight is 900 g/mol. The van der Waals surface area contributed by atoms with Gasteiger partial charge in [0, 0.05) is 13.0 Å². The van der Waals surface area contributed by atoms with Crippen molar-refractivity contribution < 1.29 is 42.7 Å². The Morgan fingerprint density at radius 2 is 0.839 bits per heavy atom. The van der Waals surface area contributed by atoms with Crippen LogP contribution >= 0.6 is 7.82 Å². The Kier molecular flexibility index (Phi) is 46.2. The number of allylic oxidation sites excluding steroid dienone is 4. The van der Waals surface area contributed by atoms with Crippen LogP contribution in [-0.4, -0.2) is 60.5 Å². The van der Waals surface area contributed by atoms with Gasteiger partial charge in [0.25, 0.3) is 0 Å². The summed E-state index contributed by atoms with van der Waals surface area (Å²) >= 11 is 0. The Hall–Kier alpha value is -1.55. The number of unbranched alkanes of at least 4 members (excludes halogenated alkanes) is 32. The highest BCUT2D eigenvalue weighted by atomic mass is 31.2. The summed E-state index contributed by atoms with van der Waals surface area (Å²) < 4.78 is 33.5. The fourth-order valence-corrected chi connectivity index (χ4v) is 8.20. The second-order valence-corrected chi connectivity index (χ2v) is 19.1. The van der Waals surface area contributed by atoms with E-state index in [0.29, 0.717) is 13.0 Å². The lowest BCUT2D eigenvalue weighted by molar-refractivity contribution is -0.154. The maximum absolute atomic E-state index is 12.7. The van der Waals surface area contributed by atoms with E-state index in [4.69, 9.17) is 29.4 Å². The zero-order valence-corrected chi connectivity index (χ0v) is 41.1. The summed E-state index contributed by atoms with van der Waals surface area (Å²) in [4.78, 5) is 33.7. The first-order valence-corrected chi connectivity index (χ1v) is 27.4. The molecule has 10 nitrogen and oxygen atoms in total. The fraction of sp³-hybridized carbons (Fsp3) is 0.882. The van der Waals surface area contributed by atoms with Crippen LogP contribution in [0.4, 0.5) is 0 Å². The minimum Gasteiger partial charge on any atom is -0.480 e. The van der Waals surface area contributed by atoms with Crippen LogP contribution in [0.15, 0.2) is 24.3 Å². The van der Waals surface area contributed by atoms with Crippen LogP contribution in [-0.2, 0) is 32.7 Å². The van der Waals surface area contributed by atoms with Gasteiger partial charge in [-0.2, -0.15) is 0 Å². The molecular weight excluding hydrogens is 802 g/mol. The lowest BCUT2D eigenvalue weighted by atomic mass is 10.0. The fourth-order valence-electron chi connectivity index (χ4n) is 7.42. The summed E-state index contributed by atoms with van der Waals surface area (Å²) in [5.74, 6) is -1.77. The second-order valence-electron chi connectivity index (χ2n) is 17.6. The van der Waals surface area contributed by atoms with Crippen molar-refractivity contribution >= 4 is 19.8 Å². The van der Waals surface area contributed by atoms with Crippen LogP contribution in [0.2, 0.25) is 0 Å². The van der Waals surface area contributed by atoms with Gasteiger partial charge in [0.2, 0.25) is 0 Å². The van der Waals surface area contributed by atoms with Crippen molar-refractivity contribution in [1.82, 2.24) is 0 Å². The zero-order valence-electron chi connectivity index (χ0n) is 40.2. The van der Waals surface area contributed by atoms with Gasteiger partial charge in [0.15, 0.2) is 0 Å². The predicted octanol–water partition coefficient (Wildman–Crippen LogP) is 15.0. The van der Waals surface area contributed by atoms with Gasteiger partial charge >= 0.3 is 19.8 Å². The van der Waals surface area contributed by atoms with Crippen LogP contribution in [0.3, 0.4) is 0 Å². The number of nitrogens with two attached hydrogens (primary N) is 1. The van der Waals surface area contributed by atoms with E-state index >= 15 is 0 Å². The highest BCUT2D eigenvalue weighted by Crippen LogP contribution is 2.43. The molecule has 0 saturated heterocycles. The number of hydrogen-bond acceptors (Lipinski definition) is 8. The molecule has 0 aliphatic rings. The molecule has 0 rings (SSSR count). The third-order valence-electron chi connectivity index (χ3n) is 11.5. The Bertz CT molecular complexity index is 1090. The molecule has 0 bridgehead atoms. The number of phosphoric ester groups is 1. The van der Waals surface area contributed by atoms with E-state index in [9.17, 15) is 19.0 Å². The number of carboxylic acid groups (broad SMARTS) is 1. The number of hydrogen-bond donors (Lipinski definition) is 3. The van der Waals surface area contributed by atoms with Crippen molar-refractivity contribution in [2.75, 3.05) is 26.4 Å². The minimum absolute atomic E-state index is 0.0159. The lowest BCUT2D eigenvalue weighted by Gasteiger charge is -2.20. The standard InChI is InChI=1S/C51H98NO9P/c1-3-5-7-9-11-13-15-17-19-21-22-23-24-25-26-27-29-31-33-35-37-39-41-43-50(53)61-48(46-59-62(56,57)60-47-49(52)51(54)55)45-58-44-42-40-38-36-34-32-30-28-20-18-16-14-12-10-8-6-4-2/h20-22,28,48-49H,3-19,23-27,29-47,52H2,1-2H3,(H,54,55)(H,56,57)/b22-21-,28-20-. The molecule has 366 valence electrons. The summed E-state index contributed by atoms with van der Waals surface area (Å²) in [5, 5.41) is 8.93. The van der Waals surface area contributed by atoms with Crippen LogP contribution in [0, 0.1) is 0 Å². The van der Waals surface area contributed by atoms with Gasteiger partial charge in [-0.15, -0.1) is 0 Å². The number of ether oxygens (including phenoxy) is 2. The molecule has 0 aliphatic carbocycles. The van der Waals surface area contributed by atoms with E-state index < -0.39 is 45.1 Å². The number of aliphatic carboxylic acids is 1. The topological polar surface area (TPSA) is 155 Å². The number of phosphoric acid groups is 1. The maximum Gasteiger partial charge on any atom is 0.472 e. The monoisotopic (exact) mass is 900 g/mol. The predicted molar refractivity (Wildman–Crippen MR) is 258 cm³/mol. The van der Waals surface area contributed by atoms with Gasteiger partial charge in [0.1, 0.15) is 12.1 Å². The van der Waals surface area contributed by atoms with Crippen LogP contribution < -0.4 is 5.73 Å². The van der Waals surface area contributed by atoms with Crippen molar-refractivity contribution in [3.63, 3.8) is 0 Å². The summed E-state index contributed by atoms with van der Waals surface area (Å²) in [5.41, 5.74) is 5.37. The molecule has 0 spiro atoms. The number of carbonyl (C=O) groups excluding carboxylic acids is 1. The first-order chi connectivity index (χ1) is 30.2. The van der Waals surface area contributed by atoms with Crippen molar-refractivity contribution in [2.45, 2.75) is 264 Å². The summed E-state index contributed by atoms with van der Waals surface area (Å²) in [6.45, 7) is 3.91. The Labute approximate surface area is 381 Å². The quantitative estimate of drug-likeness (QED) is 0.0233. The molecule has 0 aromatic carbocycles. The number of rotatable bonds is 50. The molecule has 4 N–H and O–H groups in total. The highest BCUT2D eigenvalue weighted by molar-refractivity contribution is 7.47. The summed E-state index contributed by atoms with van der Waals surface area (Å²) in [7, 11) is -4.62. The van der Waals surface area contributed by atoms with Crippen LogP contribution in [0.5, 0.6) is 0 Å². The first kappa shape index (κ1) is 60.5. The molecule has 0 aromatic rings. The molecule has 0 aromatic heterocycles. The normalized spacial score (nSPS) is 13.9. The largest absolute Gasteiger partial charge is 0.480 e. The Morgan fingerprint density at radius 1 is 0.500 bits per heavy atom. The van der Waals surface area contributed by atoms with Gasteiger partial charge in [-0.3, -0.25) is 18.6 Å². The van der Waals surface area contributed by atoms with Gasteiger partial charge in [-0.1, -0.05) is 205 Å². The van der Waals surface area contributed by atoms with Crippen molar-refractivity contribution in [3.05, 3.63) is 24.3 Å². The first-order valence-electron chi connectivity index (χ1n) is 25.9. The SMILES string of the molecule is CCCCCCCCC/C=C\CCCCCCCCOCC(COP(=O)(O)OCC(N)C(=O)O)OC(=O)CCCCCCCCCCCCC/C=C\CCCCCCCCCC. The molecule has 62 heavy (non-hydrogen) atoms. The maximum atomic E-state index is 12.7. The number of carboxylic acids is 1. The molecule has 0 heterocycles. The molecule has 3 unspecified atom stereocenters. The van der Waals surface area contributed by atoms with E-state index in [1.807, 2.05) is 0 Å². The van der Waals surface area contributed by atoms with Crippen LogP contribution in [0.1, 0.15) is 251 Å². The molecule has 11 heteroatoms. The minimum atomic E-state index is -4.62. The molecule has 0 amide bonds. The van der Waals surface area contributed by atoms with Gasteiger partial charge < -0.3 is 25.2 Å². The smallest absolute Gasteiger partial charge is 0.472 e. The van der Waals surface area contributed by atoms with E-state index in [1.54, 1.807) is 0 Å². The second kappa shape index (κ2) is 47.4. The van der Waals surface area contributed by atoms with Crippen molar-refractivity contribution in [2.24, 2.45) is 5.73 Å². The van der Waals surface area contributed by atoms with E-state index in [1.165, 1.54) is 180 Å². The summed E-state index contributed by atoms with van der Waals surface area (Å²) in [6, 6.07) is -1.47. The molecule has 0 fully saturated rings. The van der Waals surface area contributed by atoms with Crippen molar-refractivity contribution in [1.29, 1.82) is 0 Å².